The minimum absolute atomic E-state index is 0.0656. The second-order valence-corrected chi connectivity index (χ2v) is 8.70. The number of hydrogen-bond acceptors (Lipinski definition) is 3. The summed E-state index contributed by atoms with van der Waals surface area (Å²) >= 11 is 0. The van der Waals surface area contributed by atoms with Crippen molar-refractivity contribution < 1.29 is 9.53 Å². The monoisotopic (exact) mass is 408 g/mol. The summed E-state index contributed by atoms with van der Waals surface area (Å²) in [7, 11) is 0. The first-order valence-corrected chi connectivity index (χ1v) is 11.3. The zero-order valence-electron chi connectivity index (χ0n) is 19.1. The number of aryl methyl sites for hydroxylation is 1. The van der Waals surface area contributed by atoms with Crippen LogP contribution in [0.25, 0.3) is 0 Å². The smallest absolute Gasteiger partial charge is 0.261 e. The van der Waals surface area contributed by atoms with Crippen LogP contribution in [0.2, 0.25) is 0 Å². The summed E-state index contributed by atoms with van der Waals surface area (Å²) in [6.07, 6.45) is 2.64. The van der Waals surface area contributed by atoms with E-state index in [9.17, 15) is 4.79 Å². The molecule has 0 saturated carbocycles. The Morgan fingerprint density at radius 1 is 1.13 bits per heavy atom. The lowest BCUT2D eigenvalue weighted by Crippen LogP contribution is -2.39. The first kappa shape index (κ1) is 22.2. The van der Waals surface area contributed by atoms with Gasteiger partial charge in [-0.2, -0.15) is 0 Å². The summed E-state index contributed by atoms with van der Waals surface area (Å²) in [5.74, 6) is 1.54. The van der Waals surface area contributed by atoms with Crippen molar-refractivity contribution in [1.82, 2.24) is 5.32 Å². The number of hydrogen-bond donors (Lipinski definition) is 1. The fourth-order valence-corrected chi connectivity index (χ4v) is 3.96. The third-order valence-electron chi connectivity index (χ3n) is 6.39. The largest absolute Gasteiger partial charge is 0.480 e. The van der Waals surface area contributed by atoms with Crippen LogP contribution in [0.3, 0.4) is 0 Å². The first-order valence-electron chi connectivity index (χ1n) is 11.3. The molecule has 1 amide bonds. The van der Waals surface area contributed by atoms with Crippen LogP contribution in [0.15, 0.2) is 42.5 Å². The molecule has 1 fully saturated rings. The van der Waals surface area contributed by atoms with Gasteiger partial charge in [0.2, 0.25) is 0 Å². The van der Waals surface area contributed by atoms with Gasteiger partial charge in [-0.25, -0.2) is 0 Å². The molecule has 0 aliphatic carbocycles. The molecule has 1 saturated heterocycles. The van der Waals surface area contributed by atoms with Crippen molar-refractivity contribution in [2.75, 3.05) is 18.0 Å². The van der Waals surface area contributed by atoms with E-state index < -0.39 is 6.10 Å². The molecule has 0 spiro atoms. The molecule has 1 aliphatic rings. The minimum atomic E-state index is -0.498. The van der Waals surface area contributed by atoms with Gasteiger partial charge in [0.1, 0.15) is 5.75 Å². The first-order chi connectivity index (χ1) is 14.4. The van der Waals surface area contributed by atoms with Gasteiger partial charge in [0, 0.05) is 18.8 Å². The fraction of sp³-hybridized carbons (Fsp3) is 0.500. The number of amides is 1. The van der Waals surface area contributed by atoms with Gasteiger partial charge in [-0.3, -0.25) is 4.79 Å². The van der Waals surface area contributed by atoms with Gasteiger partial charge in [-0.15, -0.1) is 0 Å². The molecule has 3 rings (SSSR count). The number of nitrogens with zero attached hydrogens (tertiary/aromatic N) is 1. The molecule has 0 bridgehead atoms. The Balaban J connectivity index is 1.60. The Morgan fingerprint density at radius 2 is 1.80 bits per heavy atom. The number of anilines is 1. The van der Waals surface area contributed by atoms with Crippen LogP contribution in [0.1, 0.15) is 62.8 Å². The Hall–Kier alpha value is -2.49. The van der Waals surface area contributed by atoms with E-state index in [1.807, 2.05) is 32.9 Å². The number of nitrogens with one attached hydrogen (secondary N) is 1. The standard InChI is InChI=1S/C26H36N2O2/c1-6-24(30-25-9-7-8-19(3)20(25)4)26(29)27-21(5)22-10-12-23(13-11-22)28-16-14-18(2)15-17-28/h7-13,18,21,24H,6,14-17H2,1-5H3,(H,27,29)/t21-,24+/m1/s1. The highest BCUT2D eigenvalue weighted by molar-refractivity contribution is 5.81. The number of piperidine rings is 1. The lowest BCUT2D eigenvalue weighted by molar-refractivity contribution is -0.128. The summed E-state index contributed by atoms with van der Waals surface area (Å²) in [4.78, 5) is 15.3. The van der Waals surface area contributed by atoms with Gasteiger partial charge in [0.15, 0.2) is 6.10 Å². The summed E-state index contributed by atoms with van der Waals surface area (Å²) in [5.41, 5.74) is 4.63. The number of ether oxygens (including phenoxy) is 1. The molecule has 4 heteroatoms. The molecular weight excluding hydrogens is 372 g/mol. The van der Waals surface area contributed by atoms with Gasteiger partial charge in [0.25, 0.3) is 5.91 Å². The quantitative estimate of drug-likeness (QED) is 0.651. The number of benzene rings is 2. The van der Waals surface area contributed by atoms with E-state index in [1.54, 1.807) is 0 Å². The average Bonchev–Trinajstić information content (AvgIpc) is 2.75. The summed E-state index contributed by atoms with van der Waals surface area (Å²) < 4.78 is 6.06. The molecule has 2 aromatic rings. The van der Waals surface area contributed by atoms with Gasteiger partial charge in [-0.05, 0) is 80.8 Å². The van der Waals surface area contributed by atoms with Crippen LogP contribution in [0.4, 0.5) is 5.69 Å². The number of rotatable bonds is 7. The topological polar surface area (TPSA) is 41.6 Å². The molecule has 2 atom stereocenters. The van der Waals surface area contributed by atoms with E-state index in [0.29, 0.717) is 6.42 Å². The van der Waals surface area contributed by atoms with E-state index in [4.69, 9.17) is 4.74 Å². The molecule has 30 heavy (non-hydrogen) atoms. The van der Waals surface area contributed by atoms with Gasteiger partial charge < -0.3 is 15.0 Å². The Labute approximate surface area is 181 Å². The Kier molecular flexibility index (Phi) is 7.41. The molecule has 162 valence electrons. The van der Waals surface area contributed by atoms with Crippen molar-refractivity contribution in [2.45, 2.75) is 66.0 Å². The zero-order chi connectivity index (χ0) is 21.7. The molecule has 0 aromatic heterocycles. The highest BCUT2D eigenvalue weighted by atomic mass is 16.5. The molecular formula is C26H36N2O2. The van der Waals surface area contributed by atoms with Crippen molar-refractivity contribution >= 4 is 11.6 Å². The molecule has 1 aliphatic heterocycles. The van der Waals surface area contributed by atoms with E-state index in [1.165, 1.54) is 24.1 Å². The maximum absolute atomic E-state index is 12.9. The molecule has 1 heterocycles. The lowest BCUT2D eigenvalue weighted by Gasteiger charge is -2.32. The Bertz CT molecular complexity index is 839. The summed E-state index contributed by atoms with van der Waals surface area (Å²) in [6, 6.07) is 14.5. The van der Waals surface area contributed by atoms with Gasteiger partial charge in [0.05, 0.1) is 6.04 Å². The van der Waals surface area contributed by atoms with Crippen molar-refractivity contribution in [3.8, 4) is 5.75 Å². The average molecular weight is 409 g/mol. The number of carbonyl (C=O) groups is 1. The van der Waals surface area contributed by atoms with Crippen LogP contribution in [0, 0.1) is 19.8 Å². The van der Waals surface area contributed by atoms with Gasteiger partial charge >= 0.3 is 0 Å². The third-order valence-corrected chi connectivity index (χ3v) is 6.39. The number of carbonyl (C=O) groups excluding carboxylic acids is 1. The van der Waals surface area contributed by atoms with Crippen molar-refractivity contribution in [2.24, 2.45) is 5.92 Å². The van der Waals surface area contributed by atoms with Crippen LogP contribution in [-0.2, 0) is 4.79 Å². The maximum atomic E-state index is 12.9. The molecule has 1 N–H and O–H groups in total. The normalized spacial score (nSPS) is 16.8. The zero-order valence-corrected chi connectivity index (χ0v) is 19.1. The lowest BCUT2D eigenvalue weighted by atomic mass is 9.98. The summed E-state index contributed by atoms with van der Waals surface area (Å²) in [5, 5.41) is 3.13. The fourth-order valence-electron chi connectivity index (χ4n) is 3.96. The molecule has 0 unspecified atom stereocenters. The predicted molar refractivity (Wildman–Crippen MR) is 124 cm³/mol. The van der Waals surface area contributed by atoms with Crippen LogP contribution < -0.4 is 15.0 Å². The second kappa shape index (κ2) is 10.0. The van der Waals surface area contributed by atoms with Crippen LogP contribution in [-0.4, -0.2) is 25.1 Å². The Morgan fingerprint density at radius 3 is 2.43 bits per heavy atom. The summed E-state index contributed by atoms with van der Waals surface area (Å²) in [6.45, 7) is 12.7. The molecule has 2 aromatic carbocycles. The van der Waals surface area contributed by atoms with Crippen LogP contribution >= 0.6 is 0 Å². The highest BCUT2D eigenvalue weighted by Crippen LogP contribution is 2.25. The highest BCUT2D eigenvalue weighted by Gasteiger charge is 2.22. The van der Waals surface area contributed by atoms with Crippen molar-refractivity contribution in [1.29, 1.82) is 0 Å². The van der Waals surface area contributed by atoms with Crippen LogP contribution in [0.5, 0.6) is 5.75 Å². The third kappa shape index (κ3) is 5.35. The van der Waals surface area contributed by atoms with Crippen molar-refractivity contribution in [3.63, 3.8) is 0 Å². The minimum Gasteiger partial charge on any atom is -0.480 e. The van der Waals surface area contributed by atoms with E-state index in [0.717, 1.165) is 35.9 Å². The van der Waals surface area contributed by atoms with Crippen molar-refractivity contribution in [3.05, 3.63) is 59.2 Å². The van der Waals surface area contributed by atoms with E-state index in [-0.39, 0.29) is 11.9 Å². The van der Waals surface area contributed by atoms with Gasteiger partial charge in [-0.1, -0.05) is 38.1 Å². The maximum Gasteiger partial charge on any atom is 0.261 e. The SMILES string of the molecule is CC[C@H](Oc1cccc(C)c1C)C(=O)N[C@H](C)c1ccc(N2CCC(C)CC2)cc1. The molecule has 0 radical (unpaired) electrons. The predicted octanol–water partition coefficient (Wildman–Crippen LogP) is 5.57. The molecule has 4 nitrogen and oxygen atoms in total. The van der Waals surface area contributed by atoms with E-state index >= 15 is 0 Å². The second-order valence-electron chi connectivity index (χ2n) is 8.70. The van der Waals surface area contributed by atoms with E-state index in [2.05, 4.69) is 54.4 Å².